The minimum absolute atomic E-state index is 0.114. The predicted molar refractivity (Wildman–Crippen MR) is 107 cm³/mol. The Labute approximate surface area is 169 Å². The van der Waals surface area contributed by atoms with Crippen molar-refractivity contribution in [1.29, 1.82) is 0 Å². The maximum Gasteiger partial charge on any atom is 0.220 e. The van der Waals surface area contributed by atoms with E-state index >= 15 is 0 Å². The van der Waals surface area contributed by atoms with Crippen molar-refractivity contribution in [1.82, 2.24) is 10.3 Å². The number of aromatic nitrogens is 1. The zero-order chi connectivity index (χ0) is 21.0. The summed E-state index contributed by atoms with van der Waals surface area (Å²) in [5.41, 5.74) is 2.42. The number of hydrogen-bond donors (Lipinski definition) is 1. The van der Waals surface area contributed by atoms with Gasteiger partial charge in [-0.3, -0.25) is 4.79 Å². The molecule has 1 atom stereocenters. The molecule has 3 rings (SSSR count). The number of oxazole rings is 1. The summed E-state index contributed by atoms with van der Waals surface area (Å²) >= 11 is 0. The molecule has 29 heavy (non-hydrogen) atoms. The molecule has 0 aliphatic rings. The van der Waals surface area contributed by atoms with Gasteiger partial charge in [-0.15, -0.1) is 0 Å². The first-order valence-corrected chi connectivity index (χ1v) is 9.63. The molecular formula is C23H24F2N2O2. The lowest BCUT2D eigenvalue weighted by molar-refractivity contribution is -0.121. The van der Waals surface area contributed by atoms with Gasteiger partial charge in [0.1, 0.15) is 11.6 Å². The Morgan fingerprint density at radius 2 is 1.76 bits per heavy atom. The summed E-state index contributed by atoms with van der Waals surface area (Å²) in [5, 5.41) is 2.96. The van der Waals surface area contributed by atoms with Gasteiger partial charge in [-0.05, 0) is 36.1 Å². The minimum Gasteiger partial charge on any atom is -0.441 e. The van der Waals surface area contributed by atoms with Gasteiger partial charge in [0.25, 0.3) is 0 Å². The number of nitrogens with one attached hydrogen (secondary N) is 1. The van der Waals surface area contributed by atoms with Gasteiger partial charge in [0.15, 0.2) is 11.7 Å². The van der Waals surface area contributed by atoms with E-state index in [1.54, 1.807) is 0 Å². The summed E-state index contributed by atoms with van der Waals surface area (Å²) in [7, 11) is 0. The Morgan fingerprint density at radius 3 is 2.41 bits per heavy atom. The Bertz CT molecular complexity index is 981. The lowest BCUT2D eigenvalue weighted by atomic mass is 9.99. The van der Waals surface area contributed by atoms with Crippen molar-refractivity contribution >= 4 is 5.91 Å². The van der Waals surface area contributed by atoms with Crippen LogP contribution < -0.4 is 5.32 Å². The standard InChI is InChI=1S/C23H24F2N2O2/c1-14(2)16-4-6-17(7-5-16)15(3)27-22(28)10-11-23-26-13-21(29-23)19-9-8-18(24)12-20(19)25/h4-9,12-15H,10-11H2,1-3H3,(H,27,28)/t15-/m1/s1. The zero-order valence-electron chi connectivity index (χ0n) is 16.7. The summed E-state index contributed by atoms with van der Waals surface area (Å²) in [6.07, 6.45) is 1.86. The van der Waals surface area contributed by atoms with Crippen LogP contribution in [0.25, 0.3) is 11.3 Å². The maximum absolute atomic E-state index is 13.8. The number of carbonyl (C=O) groups excluding carboxylic acids is 1. The Hall–Kier alpha value is -3.02. The Kier molecular flexibility index (Phi) is 6.42. The molecule has 1 amide bonds. The highest BCUT2D eigenvalue weighted by Crippen LogP contribution is 2.24. The largest absolute Gasteiger partial charge is 0.441 e. The molecule has 0 aliphatic carbocycles. The van der Waals surface area contributed by atoms with Crippen LogP contribution in [0.2, 0.25) is 0 Å². The van der Waals surface area contributed by atoms with E-state index in [9.17, 15) is 13.6 Å². The van der Waals surface area contributed by atoms with Crippen LogP contribution in [0.1, 0.15) is 56.2 Å². The lowest BCUT2D eigenvalue weighted by Crippen LogP contribution is -2.26. The van der Waals surface area contributed by atoms with Crippen LogP contribution in [0.15, 0.2) is 53.1 Å². The van der Waals surface area contributed by atoms with Crippen LogP contribution in [-0.4, -0.2) is 10.9 Å². The van der Waals surface area contributed by atoms with Crippen molar-refractivity contribution < 1.29 is 18.0 Å². The third-order valence-corrected chi connectivity index (χ3v) is 4.80. The number of aryl methyl sites for hydroxylation is 1. The molecule has 1 N–H and O–H groups in total. The third-order valence-electron chi connectivity index (χ3n) is 4.80. The molecule has 0 radical (unpaired) electrons. The smallest absolute Gasteiger partial charge is 0.220 e. The van der Waals surface area contributed by atoms with Crippen molar-refractivity contribution in [2.45, 2.75) is 45.6 Å². The lowest BCUT2D eigenvalue weighted by Gasteiger charge is -2.15. The maximum atomic E-state index is 13.8. The fourth-order valence-electron chi connectivity index (χ4n) is 3.03. The molecule has 4 nitrogen and oxygen atoms in total. The van der Waals surface area contributed by atoms with Crippen LogP contribution in [0.5, 0.6) is 0 Å². The molecule has 2 aromatic carbocycles. The predicted octanol–water partition coefficient (Wildman–Crippen LogP) is 5.55. The first kappa shape index (κ1) is 20.7. The van der Waals surface area contributed by atoms with Gasteiger partial charge in [-0.25, -0.2) is 13.8 Å². The van der Waals surface area contributed by atoms with Crippen molar-refractivity contribution in [3.05, 3.63) is 77.3 Å². The summed E-state index contributed by atoms with van der Waals surface area (Å²) in [5.74, 6) is -0.510. The van der Waals surface area contributed by atoms with E-state index < -0.39 is 11.6 Å². The molecule has 0 fully saturated rings. The SMILES string of the molecule is CC(C)c1ccc([C@@H](C)NC(=O)CCc2ncc(-c3ccc(F)cc3F)o2)cc1. The quantitative estimate of drug-likeness (QED) is 0.567. The summed E-state index contributed by atoms with van der Waals surface area (Å²) in [4.78, 5) is 16.3. The number of rotatable bonds is 7. The van der Waals surface area contributed by atoms with Gasteiger partial charge in [-0.2, -0.15) is 0 Å². The average Bonchev–Trinajstić information content (AvgIpc) is 3.15. The van der Waals surface area contributed by atoms with E-state index in [1.165, 1.54) is 17.8 Å². The number of amides is 1. The van der Waals surface area contributed by atoms with E-state index in [0.29, 0.717) is 11.8 Å². The van der Waals surface area contributed by atoms with Crippen molar-refractivity contribution in [3.63, 3.8) is 0 Å². The molecule has 6 heteroatoms. The molecule has 0 saturated carbocycles. The first-order valence-electron chi connectivity index (χ1n) is 9.63. The van der Waals surface area contributed by atoms with Gasteiger partial charge in [0.05, 0.1) is 17.8 Å². The highest BCUT2D eigenvalue weighted by Gasteiger charge is 2.14. The molecular weight excluding hydrogens is 374 g/mol. The topological polar surface area (TPSA) is 55.1 Å². The second-order valence-electron chi connectivity index (χ2n) is 7.35. The minimum atomic E-state index is -0.720. The fraction of sp³-hybridized carbons (Fsp3) is 0.304. The van der Waals surface area contributed by atoms with Gasteiger partial charge in [0, 0.05) is 18.9 Å². The van der Waals surface area contributed by atoms with E-state index in [2.05, 4.69) is 36.3 Å². The molecule has 0 unspecified atom stereocenters. The van der Waals surface area contributed by atoms with E-state index in [1.807, 2.05) is 19.1 Å². The summed E-state index contributed by atoms with van der Waals surface area (Å²) in [6.45, 7) is 6.21. The number of carbonyl (C=O) groups is 1. The number of halogens is 2. The highest BCUT2D eigenvalue weighted by molar-refractivity contribution is 5.76. The normalized spacial score (nSPS) is 12.2. The van der Waals surface area contributed by atoms with Crippen LogP contribution in [-0.2, 0) is 11.2 Å². The number of nitrogens with zero attached hydrogens (tertiary/aromatic N) is 1. The first-order chi connectivity index (χ1) is 13.8. The summed E-state index contributed by atoms with van der Waals surface area (Å²) in [6, 6.07) is 11.3. The molecule has 152 valence electrons. The third kappa shape index (κ3) is 5.28. The second-order valence-corrected chi connectivity index (χ2v) is 7.35. The highest BCUT2D eigenvalue weighted by atomic mass is 19.1. The van der Waals surface area contributed by atoms with Crippen molar-refractivity contribution in [2.75, 3.05) is 0 Å². The van der Waals surface area contributed by atoms with E-state index in [-0.39, 0.29) is 36.1 Å². The molecule has 3 aromatic rings. The number of benzene rings is 2. The Morgan fingerprint density at radius 1 is 1.07 bits per heavy atom. The van der Waals surface area contributed by atoms with Gasteiger partial charge < -0.3 is 9.73 Å². The Balaban J connectivity index is 1.55. The van der Waals surface area contributed by atoms with Gasteiger partial charge >= 0.3 is 0 Å². The van der Waals surface area contributed by atoms with Crippen molar-refractivity contribution in [2.24, 2.45) is 0 Å². The van der Waals surface area contributed by atoms with Gasteiger partial charge in [-0.1, -0.05) is 38.1 Å². The van der Waals surface area contributed by atoms with Gasteiger partial charge in [0.2, 0.25) is 5.91 Å². The number of hydrogen-bond acceptors (Lipinski definition) is 3. The molecule has 1 aromatic heterocycles. The van der Waals surface area contributed by atoms with E-state index in [0.717, 1.165) is 17.7 Å². The second kappa shape index (κ2) is 8.99. The molecule has 0 aliphatic heterocycles. The summed E-state index contributed by atoms with van der Waals surface area (Å²) < 4.78 is 32.4. The molecule has 0 bridgehead atoms. The molecule has 0 saturated heterocycles. The molecule has 0 spiro atoms. The van der Waals surface area contributed by atoms with Crippen LogP contribution in [0, 0.1) is 11.6 Å². The van der Waals surface area contributed by atoms with Crippen LogP contribution >= 0.6 is 0 Å². The zero-order valence-corrected chi connectivity index (χ0v) is 16.7. The fourth-order valence-corrected chi connectivity index (χ4v) is 3.03. The van der Waals surface area contributed by atoms with Crippen LogP contribution in [0.3, 0.4) is 0 Å². The van der Waals surface area contributed by atoms with Crippen molar-refractivity contribution in [3.8, 4) is 11.3 Å². The monoisotopic (exact) mass is 398 g/mol. The average molecular weight is 398 g/mol. The van der Waals surface area contributed by atoms with Crippen LogP contribution in [0.4, 0.5) is 8.78 Å². The molecule has 1 heterocycles. The van der Waals surface area contributed by atoms with E-state index in [4.69, 9.17) is 4.42 Å².